The molecule has 152 valence electrons. The number of nitrogens with one attached hydrogen (secondary N) is 1. The Morgan fingerprint density at radius 2 is 1.70 bits per heavy atom. The Morgan fingerprint density at radius 3 is 2.43 bits per heavy atom. The Kier molecular flexibility index (Phi) is 7.39. The van der Waals surface area contributed by atoms with Gasteiger partial charge in [-0.25, -0.2) is 4.79 Å². The molecule has 0 aliphatic heterocycles. The van der Waals surface area contributed by atoms with Crippen LogP contribution in [0.15, 0.2) is 84.9 Å². The van der Waals surface area contributed by atoms with E-state index in [-0.39, 0.29) is 5.91 Å². The number of ether oxygens (including phenoxy) is 2. The minimum atomic E-state index is -0.418. The lowest BCUT2D eigenvalue weighted by atomic mass is 10.2. The molecule has 0 fully saturated rings. The monoisotopic (exact) mass is 401 g/mol. The van der Waals surface area contributed by atoms with Crippen LogP contribution in [0.4, 0.5) is 5.69 Å². The summed E-state index contributed by atoms with van der Waals surface area (Å²) >= 11 is 0. The van der Waals surface area contributed by atoms with Crippen LogP contribution >= 0.6 is 0 Å². The van der Waals surface area contributed by atoms with Crippen molar-refractivity contribution < 1.29 is 19.1 Å². The normalized spacial score (nSPS) is 10.6. The average Bonchev–Trinajstić information content (AvgIpc) is 2.78. The smallest absolute Gasteiger partial charge is 0.338 e. The molecule has 5 nitrogen and oxygen atoms in total. The van der Waals surface area contributed by atoms with Crippen LogP contribution in [0.25, 0.3) is 6.08 Å². The van der Waals surface area contributed by atoms with Crippen LogP contribution in [0.2, 0.25) is 0 Å². The van der Waals surface area contributed by atoms with E-state index in [0.29, 0.717) is 24.5 Å². The van der Waals surface area contributed by atoms with E-state index < -0.39 is 5.97 Å². The molecule has 0 saturated heterocycles. The number of carbonyl (C=O) groups excluding carboxylic acids is 2. The van der Waals surface area contributed by atoms with E-state index in [9.17, 15) is 9.59 Å². The topological polar surface area (TPSA) is 64.6 Å². The van der Waals surface area contributed by atoms with Gasteiger partial charge in [0, 0.05) is 11.8 Å². The highest BCUT2D eigenvalue weighted by Gasteiger charge is 2.07. The van der Waals surface area contributed by atoms with Gasteiger partial charge in [0.05, 0.1) is 12.2 Å². The van der Waals surface area contributed by atoms with Gasteiger partial charge in [-0.15, -0.1) is 0 Å². The number of rotatable bonds is 8. The van der Waals surface area contributed by atoms with E-state index in [0.717, 1.165) is 16.9 Å². The Labute approximate surface area is 176 Å². The third-order valence-corrected chi connectivity index (χ3v) is 4.20. The summed E-state index contributed by atoms with van der Waals surface area (Å²) in [5, 5.41) is 2.74. The number of benzene rings is 3. The molecule has 0 radical (unpaired) electrons. The van der Waals surface area contributed by atoms with Gasteiger partial charge in [0.25, 0.3) is 0 Å². The van der Waals surface area contributed by atoms with E-state index >= 15 is 0 Å². The molecule has 0 saturated carbocycles. The molecule has 1 N–H and O–H groups in total. The summed E-state index contributed by atoms with van der Waals surface area (Å²) in [5.74, 6) is 0.0513. The van der Waals surface area contributed by atoms with Gasteiger partial charge < -0.3 is 14.8 Å². The average molecular weight is 401 g/mol. The van der Waals surface area contributed by atoms with Crippen molar-refractivity contribution in [1.82, 2.24) is 0 Å². The lowest BCUT2D eigenvalue weighted by molar-refractivity contribution is -0.111. The van der Waals surface area contributed by atoms with E-state index in [1.165, 1.54) is 6.08 Å². The minimum absolute atomic E-state index is 0.291. The second-order valence-corrected chi connectivity index (χ2v) is 6.47. The molecule has 0 aliphatic carbocycles. The lowest BCUT2D eigenvalue weighted by Gasteiger charge is -2.06. The van der Waals surface area contributed by atoms with Crippen LogP contribution in [0, 0.1) is 0 Å². The van der Waals surface area contributed by atoms with Crippen molar-refractivity contribution in [3.63, 3.8) is 0 Å². The van der Waals surface area contributed by atoms with Crippen molar-refractivity contribution >= 4 is 23.6 Å². The molecular formula is C25H23NO4. The second kappa shape index (κ2) is 10.6. The predicted octanol–water partition coefficient (Wildman–Crippen LogP) is 5.09. The Morgan fingerprint density at radius 1 is 0.933 bits per heavy atom. The first-order valence-corrected chi connectivity index (χ1v) is 9.67. The Hall–Kier alpha value is -3.86. The first-order chi connectivity index (χ1) is 14.6. The highest BCUT2D eigenvalue weighted by Crippen LogP contribution is 2.16. The molecule has 3 aromatic carbocycles. The number of anilines is 1. The second-order valence-electron chi connectivity index (χ2n) is 6.47. The van der Waals surface area contributed by atoms with Crippen molar-refractivity contribution in [2.45, 2.75) is 13.5 Å². The highest BCUT2D eigenvalue weighted by atomic mass is 16.5. The molecule has 0 bridgehead atoms. The molecular weight excluding hydrogens is 378 g/mol. The number of esters is 1. The third-order valence-electron chi connectivity index (χ3n) is 4.20. The van der Waals surface area contributed by atoms with Gasteiger partial charge in [0.1, 0.15) is 12.4 Å². The van der Waals surface area contributed by atoms with Crippen molar-refractivity contribution in [3.8, 4) is 5.75 Å². The van der Waals surface area contributed by atoms with Crippen molar-refractivity contribution in [3.05, 3.63) is 102 Å². The van der Waals surface area contributed by atoms with Gasteiger partial charge in [0.2, 0.25) is 5.91 Å². The lowest BCUT2D eigenvalue weighted by Crippen LogP contribution is -2.09. The molecule has 0 unspecified atom stereocenters. The number of hydrogen-bond acceptors (Lipinski definition) is 4. The summed E-state index contributed by atoms with van der Waals surface area (Å²) in [5.41, 5.74) is 2.90. The fourth-order valence-corrected chi connectivity index (χ4v) is 2.71. The van der Waals surface area contributed by atoms with Crippen LogP contribution in [0.1, 0.15) is 28.4 Å². The van der Waals surface area contributed by atoms with Crippen molar-refractivity contribution in [2.24, 2.45) is 0 Å². The fraction of sp³-hybridized carbons (Fsp3) is 0.120. The maximum Gasteiger partial charge on any atom is 0.338 e. The zero-order chi connectivity index (χ0) is 21.2. The fourth-order valence-electron chi connectivity index (χ4n) is 2.71. The van der Waals surface area contributed by atoms with E-state index in [1.54, 1.807) is 37.3 Å². The molecule has 3 rings (SSSR count). The van der Waals surface area contributed by atoms with Gasteiger partial charge in [0.15, 0.2) is 0 Å². The minimum Gasteiger partial charge on any atom is -0.489 e. The first-order valence-electron chi connectivity index (χ1n) is 9.67. The molecule has 0 aromatic heterocycles. The summed E-state index contributed by atoms with van der Waals surface area (Å²) in [6, 6.07) is 24.1. The van der Waals surface area contributed by atoms with Gasteiger partial charge in [-0.1, -0.05) is 48.5 Å². The number of carbonyl (C=O) groups is 2. The van der Waals surface area contributed by atoms with Crippen LogP contribution in [-0.4, -0.2) is 18.5 Å². The summed E-state index contributed by atoms with van der Waals surface area (Å²) in [7, 11) is 0. The number of amides is 1. The largest absolute Gasteiger partial charge is 0.489 e. The summed E-state index contributed by atoms with van der Waals surface area (Å²) in [6.45, 7) is 2.55. The molecule has 0 spiro atoms. The molecule has 1 amide bonds. The SMILES string of the molecule is CCOC(=O)c1cccc(NC(=O)/C=C/c2ccc(OCc3ccccc3)cc2)c1. The van der Waals surface area contributed by atoms with Crippen molar-refractivity contribution in [1.29, 1.82) is 0 Å². The first kappa shape index (κ1) is 20.9. The van der Waals surface area contributed by atoms with E-state index in [4.69, 9.17) is 9.47 Å². The molecule has 0 heterocycles. The van der Waals surface area contributed by atoms with Crippen molar-refractivity contribution in [2.75, 3.05) is 11.9 Å². The standard InChI is InChI=1S/C25H23NO4/c1-2-29-25(28)21-9-6-10-22(17-21)26-24(27)16-13-19-11-14-23(15-12-19)30-18-20-7-4-3-5-8-20/h3-17H,2,18H2,1H3,(H,26,27)/b16-13+. The summed E-state index contributed by atoms with van der Waals surface area (Å²) < 4.78 is 10.7. The van der Waals surface area contributed by atoms with Gasteiger partial charge in [-0.2, -0.15) is 0 Å². The zero-order valence-electron chi connectivity index (χ0n) is 16.7. The number of hydrogen-bond donors (Lipinski definition) is 1. The quantitative estimate of drug-likeness (QED) is 0.422. The molecule has 0 atom stereocenters. The molecule has 3 aromatic rings. The Bertz CT molecular complexity index is 1010. The van der Waals surface area contributed by atoms with Crippen LogP contribution < -0.4 is 10.1 Å². The van der Waals surface area contributed by atoms with Crippen LogP contribution in [-0.2, 0) is 16.1 Å². The molecule has 0 aliphatic rings. The van der Waals surface area contributed by atoms with Crippen LogP contribution in [0.5, 0.6) is 5.75 Å². The van der Waals surface area contributed by atoms with Crippen LogP contribution in [0.3, 0.4) is 0 Å². The Balaban J connectivity index is 1.53. The van der Waals surface area contributed by atoms with Gasteiger partial charge in [-0.05, 0) is 54.5 Å². The maximum atomic E-state index is 12.2. The summed E-state index contributed by atoms with van der Waals surface area (Å²) in [4.78, 5) is 24.0. The maximum absolute atomic E-state index is 12.2. The highest BCUT2D eigenvalue weighted by molar-refractivity contribution is 6.02. The molecule has 5 heteroatoms. The third kappa shape index (κ3) is 6.34. The van der Waals surface area contributed by atoms with E-state index in [1.807, 2.05) is 54.6 Å². The summed E-state index contributed by atoms with van der Waals surface area (Å²) in [6.07, 6.45) is 3.16. The zero-order valence-corrected chi connectivity index (χ0v) is 16.7. The predicted molar refractivity (Wildman–Crippen MR) is 117 cm³/mol. The van der Waals surface area contributed by atoms with Gasteiger partial charge in [-0.3, -0.25) is 4.79 Å². The van der Waals surface area contributed by atoms with E-state index in [2.05, 4.69) is 5.32 Å². The van der Waals surface area contributed by atoms with Gasteiger partial charge >= 0.3 is 5.97 Å². The molecule has 30 heavy (non-hydrogen) atoms.